The molecule has 0 aliphatic carbocycles. The Morgan fingerprint density at radius 2 is 1.63 bits per heavy atom. The zero-order valence-electron chi connectivity index (χ0n) is 19.8. The predicted molar refractivity (Wildman–Crippen MR) is 122 cm³/mol. The van der Waals surface area contributed by atoms with Crippen molar-refractivity contribution in [2.75, 3.05) is 44.3 Å². The SMILES string of the molecule is O=C(O)C(F)(F)F.O=C(O)C(F)(F)F.c1ncc(N2CCOCC3(CCCN(Cc4nccs4)C3)C2)cn1. The first-order valence-electron chi connectivity index (χ1n) is 11.0. The molecule has 2 fully saturated rings. The number of thiazole rings is 1. The first-order chi connectivity index (χ1) is 17.7. The molecule has 1 unspecified atom stereocenters. The van der Waals surface area contributed by atoms with Crippen LogP contribution in [0.15, 0.2) is 30.3 Å². The summed E-state index contributed by atoms with van der Waals surface area (Å²) in [4.78, 5) is 35.5. The van der Waals surface area contributed by atoms with Gasteiger partial charge in [-0.1, -0.05) is 0 Å². The van der Waals surface area contributed by atoms with Crippen molar-refractivity contribution in [2.45, 2.75) is 31.7 Å². The van der Waals surface area contributed by atoms with Crippen molar-refractivity contribution in [3.63, 3.8) is 0 Å². The van der Waals surface area contributed by atoms with E-state index in [4.69, 9.17) is 24.5 Å². The number of carbonyl (C=O) groups is 2. The Bertz CT molecular complexity index is 988. The topological polar surface area (TPSA) is 129 Å². The molecule has 0 bridgehead atoms. The number of hydrogen-bond donors (Lipinski definition) is 2. The van der Waals surface area contributed by atoms with Crippen molar-refractivity contribution in [2.24, 2.45) is 5.41 Å². The van der Waals surface area contributed by atoms with Gasteiger partial charge < -0.3 is 19.8 Å². The van der Waals surface area contributed by atoms with Crippen LogP contribution in [0.4, 0.5) is 32.0 Å². The van der Waals surface area contributed by atoms with Crippen molar-refractivity contribution in [1.82, 2.24) is 19.9 Å². The standard InChI is InChI=1S/C17H23N5OS.2C2HF3O2/c1-2-17(11-21(4-1)10-16-20-3-7-24-16)12-22(5-6-23-13-17)15-8-18-14-19-9-15;2*3-2(4,5)1(6)7/h3,7-9,14H,1-2,4-6,10-13H2;2*(H,6,7). The highest BCUT2D eigenvalue weighted by atomic mass is 32.1. The summed E-state index contributed by atoms with van der Waals surface area (Å²) in [5.41, 5.74) is 1.28. The summed E-state index contributed by atoms with van der Waals surface area (Å²) in [6.45, 7) is 6.69. The average molecular weight is 574 g/mol. The van der Waals surface area contributed by atoms with E-state index in [2.05, 4.69) is 30.1 Å². The van der Waals surface area contributed by atoms with Gasteiger partial charge in [0, 0.05) is 36.6 Å². The number of ether oxygens (including phenoxy) is 1. The van der Waals surface area contributed by atoms with Gasteiger partial charge in [0.2, 0.25) is 0 Å². The normalized spacial score (nSPS) is 20.4. The molecule has 212 valence electrons. The molecule has 2 aromatic rings. The molecule has 38 heavy (non-hydrogen) atoms. The average Bonchev–Trinajstić information content (AvgIpc) is 3.26. The van der Waals surface area contributed by atoms with Crippen LogP contribution in [0, 0.1) is 5.41 Å². The monoisotopic (exact) mass is 573 g/mol. The summed E-state index contributed by atoms with van der Waals surface area (Å²) in [5, 5.41) is 17.5. The number of nitrogens with zero attached hydrogens (tertiary/aromatic N) is 5. The van der Waals surface area contributed by atoms with Gasteiger partial charge >= 0.3 is 24.3 Å². The molecule has 17 heteroatoms. The molecule has 2 aromatic heterocycles. The lowest BCUT2D eigenvalue weighted by Gasteiger charge is -2.43. The van der Waals surface area contributed by atoms with Crippen LogP contribution in [0.1, 0.15) is 17.8 Å². The Morgan fingerprint density at radius 1 is 1.03 bits per heavy atom. The van der Waals surface area contributed by atoms with E-state index in [9.17, 15) is 26.3 Å². The molecular weight excluding hydrogens is 548 g/mol. The van der Waals surface area contributed by atoms with Gasteiger partial charge in [-0.25, -0.2) is 24.5 Å². The minimum Gasteiger partial charge on any atom is -0.475 e. The van der Waals surface area contributed by atoms with Crippen LogP contribution in [0.2, 0.25) is 0 Å². The third-order valence-electron chi connectivity index (χ3n) is 5.42. The fourth-order valence-corrected chi connectivity index (χ4v) is 4.54. The lowest BCUT2D eigenvalue weighted by molar-refractivity contribution is -0.193. The quantitative estimate of drug-likeness (QED) is 0.528. The summed E-state index contributed by atoms with van der Waals surface area (Å²) in [6.07, 6.45) is -0.445. The summed E-state index contributed by atoms with van der Waals surface area (Å²) in [5.74, 6) is -5.51. The van der Waals surface area contributed by atoms with Crippen LogP contribution in [0.25, 0.3) is 0 Å². The Kier molecular flexibility index (Phi) is 11.2. The largest absolute Gasteiger partial charge is 0.490 e. The molecule has 0 saturated carbocycles. The number of aliphatic carboxylic acids is 2. The van der Waals surface area contributed by atoms with Gasteiger partial charge in [-0.05, 0) is 19.4 Å². The van der Waals surface area contributed by atoms with E-state index in [0.717, 1.165) is 51.6 Å². The zero-order chi connectivity index (χ0) is 28.4. The zero-order valence-corrected chi connectivity index (χ0v) is 20.6. The molecule has 0 radical (unpaired) electrons. The molecular formula is C21H25F6N5O5S. The van der Waals surface area contributed by atoms with Crippen LogP contribution in [0.5, 0.6) is 0 Å². The minimum absolute atomic E-state index is 0.182. The van der Waals surface area contributed by atoms with Gasteiger partial charge in [0.05, 0.1) is 37.8 Å². The Hall–Kier alpha value is -3.05. The first kappa shape index (κ1) is 31.2. The van der Waals surface area contributed by atoms with Gasteiger partial charge in [0.1, 0.15) is 11.3 Å². The van der Waals surface area contributed by atoms with Crippen LogP contribution in [-0.4, -0.2) is 93.7 Å². The predicted octanol–water partition coefficient (Wildman–Crippen LogP) is 3.32. The number of anilines is 1. The fraction of sp³-hybridized carbons (Fsp3) is 0.571. The molecule has 2 N–H and O–H groups in total. The number of aromatic nitrogens is 3. The molecule has 2 saturated heterocycles. The highest BCUT2D eigenvalue weighted by Gasteiger charge is 2.40. The third-order valence-corrected chi connectivity index (χ3v) is 6.18. The smallest absolute Gasteiger partial charge is 0.475 e. The molecule has 4 heterocycles. The number of carboxylic acids is 2. The van der Waals surface area contributed by atoms with Crippen LogP contribution < -0.4 is 4.90 Å². The number of piperidine rings is 1. The summed E-state index contributed by atoms with van der Waals surface area (Å²) < 4.78 is 69.5. The maximum atomic E-state index is 10.6. The maximum Gasteiger partial charge on any atom is 0.490 e. The molecule has 1 atom stereocenters. The van der Waals surface area contributed by atoms with Gasteiger partial charge in [0.25, 0.3) is 0 Å². The van der Waals surface area contributed by atoms with Crippen molar-refractivity contribution in [3.8, 4) is 0 Å². The number of alkyl halides is 6. The van der Waals surface area contributed by atoms with E-state index in [-0.39, 0.29) is 5.41 Å². The summed E-state index contributed by atoms with van der Waals surface area (Å²) >= 11 is 1.74. The van der Waals surface area contributed by atoms with Crippen molar-refractivity contribution in [3.05, 3.63) is 35.3 Å². The van der Waals surface area contributed by atoms with Gasteiger partial charge in [-0.3, -0.25) is 4.90 Å². The highest BCUT2D eigenvalue weighted by molar-refractivity contribution is 7.09. The van der Waals surface area contributed by atoms with E-state index in [0.29, 0.717) is 0 Å². The van der Waals surface area contributed by atoms with Crippen LogP contribution in [-0.2, 0) is 20.9 Å². The lowest BCUT2D eigenvalue weighted by Crippen LogP contribution is -2.50. The number of hydrogen-bond acceptors (Lipinski definition) is 9. The number of likely N-dealkylation sites (tertiary alicyclic amines) is 1. The minimum atomic E-state index is -5.08. The highest BCUT2D eigenvalue weighted by Crippen LogP contribution is 2.35. The third kappa shape index (κ3) is 10.4. The first-order valence-corrected chi connectivity index (χ1v) is 11.9. The number of rotatable bonds is 3. The molecule has 10 nitrogen and oxygen atoms in total. The maximum absolute atomic E-state index is 10.6. The second kappa shape index (κ2) is 13.7. The van der Waals surface area contributed by atoms with Crippen molar-refractivity contribution in [1.29, 1.82) is 0 Å². The second-order valence-electron chi connectivity index (χ2n) is 8.42. The Morgan fingerprint density at radius 3 is 2.16 bits per heavy atom. The lowest BCUT2D eigenvalue weighted by atomic mass is 9.80. The Balaban J connectivity index is 0.000000301. The van der Waals surface area contributed by atoms with E-state index in [1.54, 1.807) is 17.7 Å². The molecule has 0 aromatic carbocycles. The molecule has 2 aliphatic heterocycles. The van der Waals surface area contributed by atoms with Crippen molar-refractivity contribution >= 4 is 29.0 Å². The molecule has 0 amide bonds. The van der Waals surface area contributed by atoms with E-state index in [1.165, 1.54) is 17.8 Å². The summed E-state index contributed by atoms with van der Waals surface area (Å²) in [7, 11) is 0. The molecule has 4 rings (SSSR count). The van der Waals surface area contributed by atoms with Crippen LogP contribution in [0.3, 0.4) is 0 Å². The number of carboxylic acid groups (broad SMARTS) is 2. The molecule has 1 spiro atoms. The van der Waals surface area contributed by atoms with Crippen molar-refractivity contribution < 1.29 is 50.9 Å². The van der Waals surface area contributed by atoms with Gasteiger partial charge in [0.15, 0.2) is 0 Å². The summed E-state index contributed by atoms with van der Waals surface area (Å²) in [6, 6.07) is 0. The van der Waals surface area contributed by atoms with E-state index >= 15 is 0 Å². The van der Waals surface area contributed by atoms with Crippen LogP contribution >= 0.6 is 11.3 Å². The molecule has 2 aliphatic rings. The number of halogens is 6. The Labute approximate surface area is 216 Å². The van der Waals surface area contributed by atoms with Gasteiger partial charge in [-0.2, -0.15) is 26.3 Å². The van der Waals surface area contributed by atoms with Gasteiger partial charge in [-0.15, -0.1) is 11.3 Å². The fourth-order valence-electron chi connectivity index (χ4n) is 3.88. The van der Waals surface area contributed by atoms with E-state index in [1.807, 2.05) is 18.6 Å². The second-order valence-corrected chi connectivity index (χ2v) is 9.40. The van der Waals surface area contributed by atoms with E-state index < -0.39 is 24.3 Å².